The van der Waals surface area contributed by atoms with E-state index in [9.17, 15) is 34.5 Å². The molecule has 6 atom stereocenters. The predicted molar refractivity (Wildman–Crippen MR) is 349 cm³/mol. The number of rotatable bonds is 58. The number of hydrogen-bond acceptors (Lipinski definition) is 11. The summed E-state index contributed by atoms with van der Waals surface area (Å²) in [5, 5.41) is 31.7. The minimum atomic E-state index is -1.91. The van der Waals surface area contributed by atoms with Gasteiger partial charge in [-0.15, -0.1) is 0 Å². The first kappa shape index (κ1) is 78.7. The molecular formula is C73H122O12. The lowest BCUT2D eigenvalue weighted by molar-refractivity contribution is -0.301. The maximum atomic E-state index is 13.2. The highest BCUT2D eigenvalue weighted by molar-refractivity contribution is 5.74. The molecule has 1 aliphatic rings. The van der Waals surface area contributed by atoms with Crippen LogP contribution in [0.4, 0.5) is 0 Å². The summed E-state index contributed by atoms with van der Waals surface area (Å²) in [6.45, 7) is 5.78. The Morgan fingerprint density at radius 3 is 1.14 bits per heavy atom. The van der Waals surface area contributed by atoms with Gasteiger partial charge in [0.25, 0.3) is 0 Å². The highest BCUT2D eigenvalue weighted by Crippen LogP contribution is 2.27. The second-order valence-corrected chi connectivity index (χ2v) is 23.0. The van der Waals surface area contributed by atoms with Crippen LogP contribution < -0.4 is 0 Å². The zero-order chi connectivity index (χ0) is 61.7. The maximum Gasteiger partial charge on any atom is 0.335 e. The van der Waals surface area contributed by atoms with Gasteiger partial charge >= 0.3 is 23.9 Å². The lowest BCUT2D eigenvalue weighted by atomic mass is 9.98. The third-order valence-electron chi connectivity index (χ3n) is 15.1. The van der Waals surface area contributed by atoms with Crippen LogP contribution in [-0.2, 0) is 42.9 Å². The third-order valence-corrected chi connectivity index (χ3v) is 15.1. The summed E-state index contributed by atoms with van der Waals surface area (Å²) in [5.41, 5.74) is 0. The van der Waals surface area contributed by atoms with E-state index in [-0.39, 0.29) is 25.9 Å². The number of allylic oxidation sites excluding steroid dienone is 16. The molecule has 0 aromatic carbocycles. The van der Waals surface area contributed by atoms with Crippen LogP contribution in [-0.4, -0.2) is 89.2 Å². The Hall–Kier alpha value is -4.36. The van der Waals surface area contributed by atoms with Crippen molar-refractivity contribution in [3.63, 3.8) is 0 Å². The molecule has 0 aliphatic carbocycles. The van der Waals surface area contributed by atoms with Crippen molar-refractivity contribution in [3.8, 4) is 0 Å². The van der Waals surface area contributed by atoms with Crippen LogP contribution in [0.2, 0.25) is 0 Å². The number of carbonyl (C=O) groups is 4. The van der Waals surface area contributed by atoms with Gasteiger partial charge in [0.15, 0.2) is 24.6 Å². The highest BCUT2D eigenvalue weighted by atomic mass is 16.7. The van der Waals surface area contributed by atoms with Crippen molar-refractivity contribution in [1.82, 2.24) is 0 Å². The number of aliphatic carboxylic acids is 1. The molecule has 0 amide bonds. The molecule has 6 unspecified atom stereocenters. The Bertz CT molecular complexity index is 1840. The van der Waals surface area contributed by atoms with Gasteiger partial charge in [0.2, 0.25) is 0 Å². The molecule has 12 heteroatoms. The summed E-state index contributed by atoms with van der Waals surface area (Å²) < 4.78 is 28.6. The van der Waals surface area contributed by atoms with Crippen molar-refractivity contribution in [2.45, 2.75) is 327 Å². The van der Waals surface area contributed by atoms with Gasteiger partial charge in [0.1, 0.15) is 18.8 Å². The second kappa shape index (κ2) is 59.9. The fraction of sp³-hybridized carbons (Fsp3) is 0.726. The summed E-state index contributed by atoms with van der Waals surface area (Å²) in [7, 11) is 0. The van der Waals surface area contributed by atoms with E-state index in [1.165, 1.54) is 70.6 Å². The SMILES string of the molecule is CC/C=C\C/C=C\C/C=C\C/C=C\CCCCCCCCC(=O)OCC(COC1OC(C(=O)O)C(O)C(O)C1OC(=O)CCCCCCCCCCC/C=C\CCCCCCCC)OC(=O)CCCCCCCCC/C=C\C/C=C\C/C=C\CC. The molecule has 0 saturated carbocycles. The molecule has 1 heterocycles. The van der Waals surface area contributed by atoms with Crippen molar-refractivity contribution < 1.29 is 58.2 Å². The van der Waals surface area contributed by atoms with Crippen LogP contribution in [0.1, 0.15) is 290 Å². The summed E-state index contributed by atoms with van der Waals surface area (Å²) in [5.74, 6) is -3.14. The van der Waals surface area contributed by atoms with Gasteiger partial charge in [-0.05, 0) is 116 Å². The molecule has 0 aromatic heterocycles. The number of aliphatic hydroxyl groups is 2. The molecule has 0 aromatic rings. The van der Waals surface area contributed by atoms with Crippen molar-refractivity contribution in [2.75, 3.05) is 13.2 Å². The third kappa shape index (κ3) is 49.3. The van der Waals surface area contributed by atoms with Gasteiger partial charge in [0.05, 0.1) is 6.61 Å². The summed E-state index contributed by atoms with van der Waals surface area (Å²) in [6.07, 6.45) is 67.8. The average Bonchev–Trinajstić information content (AvgIpc) is 3.51. The zero-order valence-corrected chi connectivity index (χ0v) is 53.8. The van der Waals surface area contributed by atoms with Crippen molar-refractivity contribution >= 4 is 23.9 Å². The van der Waals surface area contributed by atoms with Crippen LogP contribution in [0.5, 0.6) is 0 Å². The minimum Gasteiger partial charge on any atom is -0.479 e. The molecule has 85 heavy (non-hydrogen) atoms. The number of carboxylic acids is 1. The lowest BCUT2D eigenvalue weighted by Gasteiger charge is -2.40. The Balaban J connectivity index is 2.65. The van der Waals surface area contributed by atoms with Crippen molar-refractivity contribution in [2.24, 2.45) is 0 Å². The summed E-state index contributed by atoms with van der Waals surface area (Å²) in [4.78, 5) is 51.5. The van der Waals surface area contributed by atoms with E-state index < -0.39 is 67.3 Å². The average molecular weight is 1190 g/mol. The normalized spacial score (nSPS) is 18.1. The van der Waals surface area contributed by atoms with E-state index in [4.69, 9.17) is 23.7 Å². The monoisotopic (exact) mass is 1190 g/mol. The molecule has 486 valence electrons. The standard InChI is InChI=1S/C73H122O12/c1-4-7-10-13-16-19-22-25-28-31-33-36-38-41-44-47-50-53-56-59-65(74)81-62-64(83-66(75)60-57-54-51-48-45-42-39-35-30-27-24-21-18-15-12-9-6-3)63-82-73-71(69(78)68(77)70(85-73)72(79)80)84-67(76)61-58-55-52-49-46-43-40-37-34-32-29-26-23-20-17-14-11-8-5-2/h7,9-10,12,16,18-19,21,25-30,33,36,64,68-71,73,77-78H,4-6,8,11,13-15,17,20,22-24,31-32,34-35,37-63H2,1-3H3,(H,79,80)/b10-7-,12-9-,19-16-,21-18-,28-25-,29-26-,30-27-,36-33-. The van der Waals surface area contributed by atoms with E-state index in [1.54, 1.807) is 0 Å². The van der Waals surface area contributed by atoms with Crippen molar-refractivity contribution in [1.29, 1.82) is 0 Å². The van der Waals surface area contributed by atoms with Crippen molar-refractivity contribution in [3.05, 3.63) is 97.2 Å². The van der Waals surface area contributed by atoms with Crippen LogP contribution >= 0.6 is 0 Å². The number of carbonyl (C=O) groups excluding carboxylic acids is 3. The zero-order valence-electron chi connectivity index (χ0n) is 53.8. The Morgan fingerprint density at radius 1 is 0.400 bits per heavy atom. The van der Waals surface area contributed by atoms with Gasteiger partial charge in [-0.3, -0.25) is 14.4 Å². The lowest BCUT2D eigenvalue weighted by Crippen LogP contribution is -2.61. The Kier molecular flexibility index (Phi) is 55.5. The molecule has 0 radical (unpaired) electrons. The van der Waals surface area contributed by atoms with E-state index >= 15 is 0 Å². The van der Waals surface area contributed by atoms with Crippen LogP contribution in [0.15, 0.2) is 97.2 Å². The smallest absolute Gasteiger partial charge is 0.335 e. The molecule has 1 fully saturated rings. The topological polar surface area (TPSA) is 175 Å². The van der Waals surface area contributed by atoms with E-state index in [0.717, 1.165) is 161 Å². The fourth-order valence-electron chi connectivity index (χ4n) is 9.96. The molecule has 1 aliphatic heterocycles. The van der Waals surface area contributed by atoms with Gasteiger partial charge < -0.3 is 39.0 Å². The van der Waals surface area contributed by atoms with Gasteiger partial charge in [-0.2, -0.15) is 0 Å². The maximum absolute atomic E-state index is 13.2. The summed E-state index contributed by atoms with van der Waals surface area (Å²) >= 11 is 0. The number of hydrogen-bond donors (Lipinski definition) is 3. The predicted octanol–water partition coefficient (Wildman–Crippen LogP) is 18.8. The Morgan fingerprint density at radius 2 is 0.741 bits per heavy atom. The van der Waals surface area contributed by atoms with E-state index in [0.29, 0.717) is 19.3 Å². The first-order chi connectivity index (χ1) is 41.6. The molecule has 0 spiro atoms. The number of unbranched alkanes of at least 4 members (excludes halogenated alkanes) is 28. The molecule has 1 saturated heterocycles. The first-order valence-corrected chi connectivity index (χ1v) is 34.2. The number of carboxylic acid groups (broad SMARTS) is 1. The molecule has 12 nitrogen and oxygen atoms in total. The summed E-state index contributed by atoms with van der Waals surface area (Å²) in [6, 6.07) is 0. The van der Waals surface area contributed by atoms with E-state index in [1.807, 2.05) is 0 Å². The molecular weight excluding hydrogens is 1070 g/mol. The Labute approximate surface area is 517 Å². The first-order valence-electron chi connectivity index (χ1n) is 34.2. The molecule has 3 N–H and O–H groups in total. The van der Waals surface area contributed by atoms with Crippen LogP contribution in [0, 0.1) is 0 Å². The number of esters is 3. The quantitative estimate of drug-likeness (QED) is 0.0228. The highest BCUT2D eigenvalue weighted by Gasteiger charge is 2.50. The van der Waals surface area contributed by atoms with Crippen LogP contribution in [0.25, 0.3) is 0 Å². The van der Waals surface area contributed by atoms with Gasteiger partial charge in [0, 0.05) is 19.3 Å². The fourth-order valence-corrected chi connectivity index (χ4v) is 9.96. The second-order valence-electron chi connectivity index (χ2n) is 23.0. The minimum absolute atomic E-state index is 0.0529. The number of ether oxygens (including phenoxy) is 5. The largest absolute Gasteiger partial charge is 0.479 e. The molecule has 1 rings (SSSR count). The van der Waals surface area contributed by atoms with E-state index in [2.05, 4.69) is 118 Å². The van der Waals surface area contributed by atoms with Gasteiger partial charge in [-0.1, -0.05) is 253 Å². The van der Waals surface area contributed by atoms with Gasteiger partial charge in [-0.25, -0.2) is 4.79 Å². The van der Waals surface area contributed by atoms with Crippen LogP contribution in [0.3, 0.4) is 0 Å². The number of aliphatic hydroxyl groups excluding tert-OH is 2. The molecule has 0 bridgehead atoms.